The predicted octanol–water partition coefficient (Wildman–Crippen LogP) is 4.24. The van der Waals surface area contributed by atoms with E-state index in [0.29, 0.717) is 11.5 Å². The number of fused-ring (bicyclic) bond motifs is 2. The van der Waals surface area contributed by atoms with Crippen LogP contribution in [-0.4, -0.2) is 25.7 Å². The number of carbonyl (C=O) groups is 1. The molecule has 3 unspecified atom stereocenters. The molecule has 0 aliphatic heterocycles. The largest absolute Gasteiger partial charge is 0.493 e. The van der Waals surface area contributed by atoms with E-state index in [0.717, 1.165) is 12.8 Å². The fourth-order valence-corrected chi connectivity index (χ4v) is 4.67. The van der Waals surface area contributed by atoms with E-state index < -0.39 is 6.61 Å². The van der Waals surface area contributed by atoms with Crippen molar-refractivity contribution in [1.82, 2.24) is 5.32 Å². The van der Waals surface area contributed by atoms with Gasteiger partial charge in [0.2, 0.25) is 0 Å². The molecule has 2 aliphatic carbocycles. The SMILES string of the molecule is COc1ccc(C(=O)NC2CC3CCC2(C)C3(C)C)cc1OC(F)F. The number of alkyl halides is 2. The average Bonchev–Trinajstić information content (AvgIpc) is 2.87. The lowest BCUT2D eigenvalue weighted by atomic mass is 9.69. The number of amides is 1. The molecule has 2 bridgehead atoms. The molecule has 0 radical (unpaired) electrons. The molecule has 0 aromatic heterocycles. The lowest BCUT2D eigenvalue weighted by molar-refractivity contribution is -0.0512. The molecule has 0 heterocycles. The summed E-state index contributed by atoms with van der Waals surface area (Å²) in [5, 5.41) is 3.12. The van der Waals surface area contributed by atoms with Crippen molar-refractivity contribution in [3.63, 3.8) is 0 Å². The van der Waals surface area contributed by atoms with Gasteiger partial charge in [0, 0.05) is 11.6 Å². The van der Waals surface area contributed by atoms with Crippen LogP contribution in [0.5, 0.6) is 11.5 Å². The van der Waals surface area contributed by atoms with E-state index in [2.05, 4.69) is 30.8 Å². The Morgan fingerprint density at radius 3 is 2.52 bits per heavy atom. The zero-order valence-corrected chi connectivity index (χ0v) is 15.1. The van der Waals surface area contributed by atoms with Crippen LogP contribution < -0.4 is 14.8 Å². The number of ether oxygens (including phenoxy) is 2. The highest BCUT2D eigenvalue weighted by molar-refractivity contribution is 5.95. The van der Waals surface area contributed by atoms with Gasteiger partial charge in [-0.1, -0.05) is 20.8 Å². The smallest absolute Gasteiger partial charge is 0.387 e. The highest BCUT2D eigenvalue weighted by Gasteiger charge is 2.61. The van der Waals surface area contributed by atoms with Crippen LogP contribution in [0.15, 0.2) is 18.2 Å². The molecule has 3 atom stereocenters. The first-order valence-electron chi connectivity index (χ1n) is 8.63. The molecular formula is C19H25F2NO3. The Balaban J connectivity index is 1.78. The number of carbonyl (C=O) groups excluding carboxylic acids is 1. The van der Waals surface area contributed by atoms with E-state index in [1.54, 1.807) is 6.07 Å². The number of halogens is 2. The van der Waals surface area contributed by atoms with Crippen molar-refractivity contribution in [2.24, 2.45) is 16.7 Å². The zero-order valence-electron chi connectivity index (χ0n) is 15.1. The van der Waals surface area contributed by atoms with Crippen LogP contribution in [0.25, 0.3) is 0 Å². The fourth-order valence-electron chi connectivity index (χ4n) is 4.67. The number of benzene rings is 1. The van der Waals surface area contributed by atoms with Crippen LogP contribution in [0, 0.1) is 16.7 Å². The lowest BCUT2D eigenvalue weighted by Gasteiger charge is -2.39. The Morgan fingerprint density at radius 2 is 2.00 bits per heavy atom. The maximum absolute atomic E-state index is 12.7. The Labute approximate surface area is 146 Å². The minimum Gasteiger partial charge on any atom is -0.493 e. The summed E-state index contributed by atoms with van der Waals surface area (Å²) in [6, 6.07) is 4.43. The van der Waals surface area contributed by atoms with Gasteiger partial charge in [0.1, 0.15) is 0 Å². The molecule has 0 saturated heterocycles. The first-order valence-corrected chi connectivity index (χ1v) is 8.63. The average molecular weight is 353 g/mol. The van der Waals surface area contributed by atoms with Crippen molar-refractivity contribution in [2.45, 2.75) is 52.7 Å². The third kappa shape index (κ3) is 2.85. The van der Waals surface area contributed by atoms with Gasteiger partial charge in [0.05, 0.1) is 7.11 Å². The molecule has 3 rings (SSSR count). The summed E-state index contributed by atoms with van der Waals surface area (Å²) in [6.45, 7) is 3.82. The van der Waals surface area contributed by atoms with Gasteiger partial charge >= 0.3 is 6.61 Å². The Bertz CT molecular complexity index is 677. The van der Waals surface area contributed by atoms with Gasteiger partial charge in [-0.05, 0) is 54.2 Å². The third-order valence-electron chi connectivity index (χ3n) is 6.74. The maximum atomic E-state index is 12.7. The van der Waals surface area contributed by atoms with E-state index in [1.807, 2.05) is 0 Å². The molecule has 1 aromatic carbocycles. The summed E-state index contributed by atoms with van der Waals surface area (Å²) in [6.07, 6.45) is 3.26. The molecule has 2 fully saturated rings. The van der Waals surface area contributed by atoms with Gasteiger partial charge in [0.15, 0.2) is 11.5 Å². The van der Waals surface area contributed by atoms with Crippen molar-refractivity contribution in [1.29, 1.82) is 0 Å². The van der Waals surface area contributed by atoms with E-state index in [1.165, 1.54) is 25.7 Å². The minimum absolute atomic E-state index is 0.0576. The van der Waals surface area contributed by atoms with E-state index in [9.17, 15) is 13.6 Å². The number of nitrogens with one attached hydrogen (secondary N) is 1. The van der Waals surface area contributed by atoms with Crippen molar-refractivity contribution in [3.8, 4) is 11.5 Å². The van der Waals surface area contributed by atoms with Gasteiger partial charge in [-0.15, -0.1) is 0 Å². The highest BCUT2D eigenvalue weighted by atomic mass is 19.3. The molecule has 25 heavy (non-hydrogen) atoms. The van der Waals surface area contributed by atoms with Gasteiger partial charge in [0.25, 0.3) is 5.91 Å². The van der Waals surface area contributed by atoms with Gasteiger partial charge in [-0.25, -0.2) is 0 Å². The molecular weight excluding hydrogens is 328 g/mol. The lowest BCUT2D eigenvalue weighted by Crippen LogP contribution is -2.46. The van der Waals surface area contributed by atoms with Gasteiger partial charge < -0.3 is 14.8 Å². The summed E-state index contributed by atoms with van der Waals surface area (Å²) in [5.41, 5.74) is 0.539. The second-order valence-electron chi connectivity index (χ2n) is 7.88. The van der Waals surface area contributed by atoms with Gasteiger partial charge in [-0.3, -0.25) is 4.79 Å². The van der Waals surface area contributed by atoms with Crippen LogP contribution in [0.2, 0.25) is 0 Å². The van der Waals surface area contributed by atoms with Crippen molar-refractivity contribution in [2.75, 3.05) is 7.11 Å². The van der Waals surface area contributed by atoms with Crippen molar-refractivity contribution in [3.05, 3.63) is 23.8 Å². The number of methoxy groups -OCH3 is 1. The molecule has 138 valence electrons. The van der Waals surface area contributed by atoms with Crippen LogP contribution in [0.1, 0.15) is 50.4 Å². The first-order chi connectivity index (χ1) is 11.7. The number of rotatable bonds is 5. The molecule has 2 aliphatic rings. The van der Waals surface area contributed by atoms with E-state index in [4.69, 9.17) is 4.74 Å². The molecule has 4 nitrogen and oxygen atoms in total. The van der Waals surface area contributed by atoms with Gasteiger partial charge in [-0.2, -0.15) is 8.78 Å². The standard InChI is InChI=1S/C19H25F2NO3/c1-18(2)12-7-8-19(18,3)15(10-12)22-16(23)11-5-6-13(24-4)14(9-11)25-17(20)21/h5-6,9,12,15,17H,7-8,10H2,1-4H3,(H,22,23). The number of hydrogen-bond acceptors (Lipinski definition) is 3. The van der Waals surface area contributed by atoms with Crippen LogP contribution in [0.4, 0.5) is 8.78 Å². The summed E-state index contributed by atoms with van der Waals surface area (Å²) >= 11 is 0. The summed E-state index contributed by atoms with van der Waals surface area (Å²) < 4.78 is 34.6. The minimum atomic E-state index is -2.97. The summed E-state index contributed by atoms with van der Waals surface area (Å²) in [4.78, 5) is 12.7. The molecule has 6 heteroatoms. The number of hydrogen-bond donors (Lipinski definition) is 1. The second kappa shape index (κ2) is 6.15. The van der Waals surface area contributed by atoms with E-state index >= 15 is 0 Å². The maximum Gasteiger partial charge on any atom is 0.387 e. The first kappa shape index (κ1) is 18.0. The Hall–Kier alpha value is -1.85. The molecule has 0 spiro atoms. The van der Waals surface area contributed by atoms with Crippen LogP contribution >= 0.6 is 0 Å². The molecule has 1 aromatic rings. The van der Waals surface area contributed by atoms with Crippen molar-refractivity contribution >= 4 is 5.91 Å². The Kier molecular flexibility index (Phi) is 4.41. The van der Waals surface area contributed by atoms with Crippen molar-refractivity contribution < 1.29 is 23.0 Å². The predicted molar refractivity (Wildman–Crippen MR) is 90.1 cm³/mol. The van der Waals surface area contributed by atoms with Crippen LogP contribution in [-0.2, 0) is 0 Å². The third-order valence-corrected chi connectivity index (χ3v) is 6.74. The molecule has 1 amide bonds. The monoisotopic (exact) mass is 353 g/mol. The molecule has 1 N–H and O–H groups in total. The van der Waals surface area contributed by atoms with Crippen LogP contribution in [0.3, 0.4) is 0 Å². The topological polar surface area (TPSA) is 47.6 Å². The zero-order chi connectivity index (χ0) is 18.4. The fraction of sp³-hybridized carbons (Fsp3) is 0.632. The summed E-state index contributed by atoms with van der Waals surface area (Å²) in [5.74, 6) is 0.377. The summed E-state index contributed by atoms with van der Waals surface area (Å²) in [7, 11) is 1.37. The second-order valence-corrected chi connectivity index (χ2v) is 7.88. The normalized spacial score (nSPS) is 29.7. The highest BCUT2D eigenvalue weighted by Crippen LogP contribution is 2.65. The quantitative estimate of drug-likeness (QED) is 0.861. The van der Waals surface area contributed by atoms with E-state index in [-0.39, 0.29) is 34.3 Å². The molecule has 2 saturated carbocycles. The Morgan fingerprint density at radius 1 is 1.28 bits per heavy atom.